The number of rotatable bonds is 8. The Morgan fingerprint density at radius 2 is 1.81 bits per heavy atom. The van der Waals surface area contributed by atoms with Crippen LogP contribution in [0.1, 0.15) is 70.4 Å². The van der Waals surface area contributed by atoms with Crippen molar-refractivity contribution < 1.29 is 4.74 Å². The SMILES string of the molecule is CCNC(CCC1CCCCC1)c1ccc(OCC)cc1. The van der Waals surface area contributed by atoms with Crippen molar-refractivity contribution in [3.63, 3.8) is 0 Å². The van der Waals surface area contributed by atoms with Crippen LogP contribution in [-0.2, 0) is 0 Å². The van der Waals surface area contributed by atoms with E-state index < -0.39 is 0 Å². The van der Waals surface area contributed by atoms with Gasteiger partial charge in [0.05, 0.1) is 6.61 Å². The van der Waals surface area contributed by atoms with Crippen LogP contribution in [0.3, 0.4) is 0 Å². The normalized spacial score (nSPS) is 17.6. The summed E-state index contributed by atoms with van der Waals surface area (Å²) in [5.74, 6) is 1.94. The topological polar surface area (TPSA) is 21.3 Å². The Morgan fingerprint density at radius 1 is 1.10 bits per heavy atom. The van der Waals surface area contributed by atoms with Gasteiger partial charge in [-0.2, -0.15) is 0 Å². The highest BCUT2D eigenvalue weighted by molar-refractivity contribution is 5.29. The lowest BCUT2D eigenvalue weighted by molar-refractivity contribution is 0.315. The first-order valence-corrected chi connectivity index (χ1v) is 8.79. The van der Waals surface area contributed by atoms with E-state index >= 15 is 0 Å². The number of hydrogen-bond donors (Lipinski definition) is 1. The van der Waals surface area contributed by atoms with Gasteiger partial charge in [0.15, 0.2) is 0 Å². The second kappa shape index (κ2) is 9.09. The molecule has 1 saturated carbocycles. The molecule has 1 aromatic rings. The Labute approximate surface area is 130 Å². The molecule has 1 unspecified atom stereocenters. The van der Waals surface area contributed by atoms with E-state index in [1.807, 2.05) is 6.92 Å². The van der Waals surface area contributed by atoms with Crippen molar-refractivity contribution in [3.05, 3.63) is 29.8 Å². The first-order valence-electron chi connectivity index (χ1n) is 8.79. The van der Waals surface area contributed by atoms with Gasteiger partial charge in [0.1, 0.15) is 5.75 Å². The predicted molar refractivity (Wildman–Crippen MR) is 89.8 cm³/mol. The molecular weight excluding hydrogens is 258 g/mol. The smallest absolute Gasteiger partial charge is 0.119 e. The van der Waals surface area contributed by atoms with Crippen LogP contribution in [0.2, 0.25) is 0 Å². The molecule has 0 saturated heterocycles. The molecule has 1 aliphatic carbocycles. The summed E-state index contributed by atoms with van der Waals surface area (Å²) in [6.07, 6.45) is 9.85. The maximum absolute atomic E-state index is 5.54. The molecule has 1 atom stereocenters. The summed E-state index contributed by atoms with van der Waals surface area (Å²) in [4.78, 5) is 0. The minimum absolute atomic E-state index is 0.493. The summed E-state index contributed by atoms with van der Waals surface area (Å²) in [6, 6.07) is 9.14. The molecule has 0 amide bonds. The highest BCUT2D eigenvalue weighted by Gasteiger charge is 2.17. The summed E-state index contributed by atoms with van der Waals surface area (Å²) in [7, 11) is 0. The quantitative estimate of drug-likeness (QED) is 0.719. The van der Waals surface area contributed by atoms with Crippen molar-refractivity contribution in [2.24, 2.45) is 5.92 Å². The molecule has 1 aliphatic rings. The number of nitrogens with one attached hydrogen (secondary N) is 1. The minimum atomic E-state index is 0.493. The standard InChI is InChI=1S/C19H31NO/c1-3-20-19(15-10-16-8-6-5-7-9-16)17-11-13-18(14-12-17)21-4-2/h11-14,16,19-20H,3-10,15H2,1-2H3. The van der Waals surface area contributed by atoms with Crippen LogP contribution in [-0.4, -0.2) is 13.2 Å². The van der Waals surface area contributed by atoms with Gasteiger partial charge in [0, 0.05) is 6.04 Å². The van der Waals surface area contributed by atoms with Crippen molar-refractivity contribution in [2.75, 3.05) is 13.2 Å². The molecule has 1 N–H and O–H groups in total. The fourth-order valence-corrected chi connectivity index (χ4v) is 3.47. The number of ether oxygens (including phenoxy) is 1. The maximum atomic E-state index is 5.54. The second-order valence-corrected chi connectivity index (χ2v) is 6.19. The molecular formula is C19H31NO. The zero-order valence-electron chi connectivity index (χ0n) is 13.7. The summed E-state index contributed by atoms with van der Waals surface area (Å²) < 4.78 is 5.54. The molecule has 0 heterocycles. The lowest BCUT2D eigenvalue weighted by Gasteiger charge is -2.25. The van der Waals surface area contributed by atoms with Crippen LogP contribution in [0.25, 0.3) is 0 Å². The summed E-state index contributed by atoms with van der Waals surface area (Å²) in [5.41, 5.74) is 1.40. The summed E-state index contributed by atoms with van der Waals surface area (Å²) in [5, 5.41) is 3.65. The second-order valence-electron chi connectivity index (χ2n) is 6.19. The van der Waals surface area contributed by atoms with Crippen molar-refractivity contribution in [1.29, 1.82) is 0 Å². The molecule has 21 heavy (non-hydrogen) atoms. The van der Waals surface area contributed by atoms with Crippen LogP contribution in [0.4, 0.5) is 0 Å². The lowest BCUT2D eigenvalue weighted by atomic mass is 9.84. The zero-order chi connectivity index (χ0) is 14.9. The molecule has 2 rings (SSSR count). The molecule has 1 fully saturated rings. The highest BCUT2D eigenvalue weighted by atomic mass is 16.5. The van der Waals surface area contributed by atoms with E-state index in [1.165, 1.54) is 50.5 Å². The van der Waals surface area contributed by atoms with Gasteiger partial charge in [0.2, 0.25) is 0 Å². The van der Waals surface area contributed by atoms with Gasteiger partial charge < -0.3 is 10.1 Å². The molecule has 2 nitrogen and oxygen atoms in total. The first-order chi connectivity index (χ1) is 10.3. The van der Waals surface area contributed by atoms with Gasteiger partial charge in [-0.3, -0.25) is 0 Å². The Kier molecular flexibility index (Phi) is 7.08. The molecule has 0 aromatic heterocycles. The van der Waals surface area contributed by atoms with Gasteiger partial charge in [-0.25, -0.2) is 0 Å². The van der Waals surface area contributed by atoms with Crippen LogP contribution < -0.4 is 10.1 Å². The fraction of sp³-hybridized carbons (Fsp3) is 0.684. The van der Waals surface area contributed by atoms with Gasteiger partial charge in [0.25, 0.3) is 0 Å². The zero-order valence-corrected chi connectivity index (χ0v) is 13.7. The van der Waals surface area contributed by atoms with Crippen molar-refractivity contribution >= 4 is 0 Å². The van der Waals surface area contributed by atoms with Crippen molar-refractivity contribution in [2.45, 2.75) is 64.8 Å². The van der Waals surface area contributed by atoms with E-state index in [1.54, 1.807) is 0 Å². The Morgan fingerprint density at radius 3 is 2.43 bits per heavy atom. The van der Waals surface area contributed by atoms with Crippen molar-refractivity contribution in [3.8, 4) is 5.75 Å². The Bertz CT molecular complexity index is 381. The maximum Gasteiger partial charge on any atom is 0.119 e. The number of benzene rings is 1. The van der Waals surface area contributed by atoms with E-state index in [-0.39, 0.29) is 0 Å². The van der Waals surface area contributed by atoms with E-state index in [0.29, 0.717) is 6.04 Å². The third-order valence-electron chi connectivity index (χ3n) is 4.63. The molecule has 0 radical (unpaired) electrons. The van der Waals surface area contributed by atoms with Gasteiger partial charge in [-0.1, -0.05) is 51.2 Å². The molecule has 0 bridgehead atoms. The fourth-order valence-electron chi connectivity index (χ4n) is 3.47. The van der Waals surface area contributed by atoms with Crippen LogP contribution in [0, 0.1) is 5.92 Å². The van der Waals surface area contributed by atoms with Crippen LogP contribution in [0.5, 0.6) is 5.75 Å². The third kappa shape index (κ3) is 5.35. The van der Waals surface area contributed by atoms with E-state index in [0.717, 1.165) is 24.8 Å². The van der Waals surface area contributed by atoms with Gasteiger partial charge in [-0.15, -0.1) is 0 Å². The van der Waals surface area contributed by atoms with Crippen LogP contribution >= 0.6 is 0 Å². The van der Waals surface area contributed by atoms with E-state index in [2.05, 4.69) is 36.5 Å². The van der Waals surface area contributed by atoms with Gasteiger partial charge >= 0.3 is 0 Å². The average molecular weight is 289 g/mol. The largest absolute Gasteiger partial charge is 0.494 e. The lowest BCUT2D eigenvalue weighted by Crippen LogP contribution is -2.22. The monoisotopic (exact) mass is 289 g/mol. The predicted octanol–water partition coefficient (Wildman–Crippen LogP) is 5.10. The molecule has 2 heteroatoms. The van der Waals surface area contributed by atoms with E-state index in [4.69, 9.17) is 4.74 Å². The molecule has 0 spiro atoms. The molecule has 0 aliphatic heterocycles. The van der Waals surface area contributed by atoms with E-state index in [9.17, 15) is 0 Å². The van der Waals surface area contributed by atoms with Crippen LogP contribution in [0.15, 0.2) is 24.3 Å². The van der Waals surface area contributed by atoms with Gasteiger partial charge in [-0.05, 0) is 49.9 Å². The Hall–Kier alpha value is -1.02. The minimum Gasteiger partial charge on any atom is -0.494 e. The summed E-state index contributed by atoms with van der Waals surface area (Å²) >= 11 is 0. The summed E-state index contributed by atoms with van der Waals surface area (Å²) in [6.45, 7) is 5.99. The Balaban J connectivity index is 1.90. The molecule has 1 aromatic carbocycles. The first kappa shape index (κ1) is 16.4. The molecule has 118 valence electrons. The van der Waals surface area contributed by atoms with Crippen molar-refractivity contribution in [1.82, 2.24) is 5.32 Å². The number of hydrogen-bond acceptors (Lipinski definition) is 2. The highest BCUT2D eigenvalue weighted by Crippen LogP contribution is 2.30. The average Bonchev–Trinajstić information content (AvgIpc) is 2.54. The third-order valence-corrected chi connectivity index (χ3v) is 4.63.